The van der Waals surface area contributed by atoms with Gasteiger partial charge in [0, 0.05) is 12.6 Å². The first-order valence-electron chi connectivity index (χ1n) is 4.54. The van der Waals surface area contributed by atoms with Gasteiger partial charge in [0.15, 0.2) is 0 Å². The van der Waals surface area contributed by atoms with E-state index in [9.17, 15) is 13.6 Å². The summed E-state index contributed by atoms with van der Waals surface area (Å²) in [4.78, 5) is 8.76. The fraction of sp³-hybridized carbons (Fsp3) is 0.300. The molecule has 0 saturated heterocycles. The maximum Gasteiger partial charge on any atom is 0.428 e. The Morgan fingerprint density at radius 1 is 1.35 bits per heavy atom. The topological polar surface area (TPSA) is 38.3 Å². The zero-order chi connectivity index (χ0) is 13.1. The van der Waals surface area contributed by atoms with Crippen LogP contribution in [0.15, 0.2) is 24.3 Å². The lowest BCUT2D eigenvalue weighted by Gasteiger charge is -2.18. The average molecular weight is 284 g/mol. The van der Waals surface area contributed by atoms with Crippen molar-refractivity contribution < 1.29 is 18.3 Å². The molecule has 0 atom stereocenters. The number of carbonyl (C=O) groups excluding carboxylic acids is 1. The Kier molecular flexibility index (Phi) is 4.54. The van der Waals surface area contributed by atoms with Gasteiger partial charge in [-0.2, -0.15) is 8.78 Å². The highest BCUT2D eigenvalue weighted by molar-refractivity contribution is 6.44. The molecule has 1 rings (SSSR count). The maximum absolute atomic E-state index is 13.0. The van der Waals surface area contributed by atoms with E-state index in [2.05, 4.69) is 10.1 Å². The number of amides is 1. The van der Waals surface area contributed by atoms with Gasteiger partial charge >= 0.3 is 6.11 Å². The fourth-order valence-corrected chi connectivity index (χ4v) is 1.10. The Hall–Kier alpha value is -1.07. The molecule has 0 spiro atoms. The molecule has 1 aromatic rings. The summed E-state index contributed by atoms with van der Waals surface area (Å²) in [7, 11) is 0. The largest absolute Gasteiger partial charge is 0.431 e. The number of nitrogens with one attached hydrogen (secondary N) is 1. The number of anilines is 1. The third-order valence-electron chi connectivity index (χ3n) is 1.68. The predicted molar refractivity (Wildman–Crippen MR) is 61.8 cm³/mol. The predicted octanol–water partition coefficient (Wildman–Crippen LogP) is 3.42. The number of carbonyl (C=O) groups is 1. The van der Waals surface area contributed by atoms with Gasteiger partial charge in [-0.05, 0) is 24.3 Å². The van der Waals surface area contributed by atoms with Crippen LogP contribution in [0, 0.1) is 0 Å². The van der Waals surface area contributed by atoms with E-state index in [0.717, 1.165) is 0 Å². The number of hydrogen-bond acceptors (Lipinski definition) is 2. The molecule has 0 heterocycles. The van der Waals surface area contributed by atoms with E-state index in [1.54, 1.807) is 0 Å². The van der Waals surface area contributed by atoms with Crippen LogP contribution >= 0.6 is 23.2 Å². The van der Waals surface area contributed by atoms with E-state index in [1.165, 1.54) is 31.2 Å². The second kappa shape index (κ2) is 5.51. The van der Waals surface area contributed by atoms with Gasteiger partial charge in [-0.1, -0.05) is 23.2 Å². The summed E-state index contributed by atoms with van der Waals surface area (Å²) in [6, 6.07) is 5.39. The second-order valence-corrected chi connectivity index (χ2v) is 4.27. The van der Waals surface area contributed by atoms with E-state index in [1.807, 2.05) is 0 Å². The Balaban J connectivity index is 2.72. The van der Waals surface area contributed by atoms with Crippen LogP contribution < -0.4 is 10.1 Å². The molecule has 0 radical (unpaired) electrons. The van der Waals surface area contributed by atoms with Crippen LogP contribution in [0.2, 0.25) is 0 Å². The van der Waals surface area contributed by atoms with Crippen LogP contribution in [0.3, 0.4) is 0 Å². The molecule has 0 unspecified atom stereocenters. The first-order chi connectivity index (χ1) is 7.81. The molecular weight excluding hydrogens is 275 g/mol. The highest BCUT2D eigenvalue weighted by atomic mass is 35.5. The summed E-state index contributed by atoms with van der Waals surface area (Å²) in [6.07, 6.45) is -3.67. The Morgan fingerprint density at radius 3 is 2.29 bits per heavy atom. The monoisotopic (exact) mass is 283 g/mol. The summed E-state index contributed by atoms with van der Waals surface area (Å²) < 4.78 is 30.3. The molecule has 17 heavy (non-hydrogen) atoms. The molecule has 0 aliphatic rings. The maximum atomic E-state index is 13.0. The number of rotatable bonds is 4. The third kappa shape index (κ3) is 4.36. The number of hydrogen-bond donors (Lipinski definition) is 1. The number of alkyl halides is 4. The van der Waals surface area contributed by atoms with Crippen molar-refractivity contribution in [3.63, 3.8) is 0 Å². The van der Waals surface area contributed by atoms with Crippen molar-refractivity contribution >= 4 is 34.8 Å². The Bertz CT molecular complexity index is 396. The SMILES string of the molecule is CC(=O)Nc1ccc(OC(F)(F)C(Cl)Cl)cc1. The molecule has 0 aliphatic carbocycles. The lowest BCUT2D eigenvalue weighted by Crippen LogP contribution is -2.32. The minimum atomic E-state index is -3.67. The van der Waals surface area contributed by atoms with Gasteiger partial charge in [-0.25, -0.2) is 0 Å². The van der Waals surface area contributed by atoms with Gasteiger partial charge in [0.2, 0.25) is 10.7 Å². The number of halogens is 4. The van der Waals surface area contributed by atoms with E-state index in [0.29, 0.717) is 5.69 Å². The standard InChI is InChI=1S/C10H9Cl2F2NO2/c1-6(16)15-7-2-4-8(5-3-7)17-10(13,14)9(11)12/h2-5,9H,1H3,(H,15,16). The zero-order valence-electron chi connectivity index (χ0n) is 8.72. The van der Waals surface area contributed by atoms with Gasteiger partial charge < -0.3 is 10.1 Å². The van der Waals surface area contributed by atoms with Crippen molar-refractivity contribution in [3.05, 3.63) is 24.3 Å². The minimum Gasteiger partial charge on any atom is -0.431 e. The van der Waals surface area contributed by atoms with Crippen molar-refractivity contribution in [1.29, 1.82) is 0 Å². The Morgan fingerprint density at radius 2 is 1.88 bits per heavy atom. The molecule has 0 aromatic heterocycles. The fourth-order valence-electron chi connectivity index (χ4n) is 1.01. The first-order valence-corrected chi connectivity index (χ1v) is 5.41. The molecule has 0 aliphatic heterocycles. The van der Waals surface area contributed by atoms with E-state index >= 15 is 0 Å². The third-order valence-corrected chi connectivity index (χ3v) is 2.19. The smallest absolute Gasteiger partial charge is 0.428 e. The van der Waals surface area contributed by atoms with E-state index in [-0.39, 0.29) is 11.7 Å². The molecule has 0 saturated carbocycles. The van der Waals surface area contributed by atoms with Crippen molar-refractivity contribution in [1.82, 2.24) is 0 Å². The summed E-state index contributed by atoms with van der Waals surface area (Å²) >= 11 is 10.1. The molecule has 1 aromatic carbocycles. The second-order valence-electron chi connectivity index (χ2n) is 3.17. The highest BCUT2D eigenvalue weighted by Crippen LogP contribution is 2.30. The normalized spacial score (nSPS) is 11.4. The zero-order valence-corrected chi connectivity index (χ0v) is 10.2. The molecule has 1 amide bonds. The molecule has 94 valence electrons. The van der Waals surface area contributed by atoms with Gasteiger partial charge in [0.1, 0.15) is 5.75 Å². The summed E-state index contributed by atoms with van der Waals surface area (Å²) in [5, 5.41) is 2.48. The van der Waals surface area contributed by atoms with Crippen molar-refractivity contribution in [2.24, 2.45) is 0 Å². The van der Waals surface area contributed by atoms with Gasteiger partial charge in [0.25, 0.3) is 0 Å². The summed E-state index contributed by atoms with van der Waals surface area (Å²) in [5.41, 5.74) is 0.474. The van der Waals surface area contributed by atoms with E-state index in [4.69, 9.17) is 23.2 Å². The van der Waals surface area contributed by atoms with E-state index < -0.39 is 10.9 Å². The minimum absolute atomic E-state index is 0.101. The number of ether oxygens (including phenoxy) is 1. The molecular formula is C10H9Cl2F2NO2. The lowest BCUT2D eigenvalue weighted by molar-refractivity contribution is -0.163. The summed E-state index contributed by atoms with van der Waals surface area (Å²) in [6.45, 7) is 1.34. The average Bonchev–Trinajstić information content (AvgIpc) is 2.19. The quantitative estimate of drug-likeness (QED) is 0.860. The van der Waals surface area contributed by atoms with Gasteiger partial charge in [-0.3, -0.25) is 4.79 Å². The first kappa shape index (κ1) is 14.0. The van der Waals surface area contributed by atoms with Crippen LogP contribution in [0.25, 0.3) is 0 Å². The Labute approximate surface area is 107 Å². The van der Waals surface area contributed by atoms with Crippen molar-refractivity contribution in [2.75, 3.05) is 5.32 Å². The molecule has 0 bridgehead atoms. The van der Waals surface area contributed by atoms with Crippen LogP contribution in [0.1, 0.15) is 6.92 Å². The van der Waals surface area contributed by atoms with Gasteiger partial charge in [-0.15, -0.1) is 0 Å². The van der Waals surface area contributed by atoms with Crippen LogP contribution in [0.5, 0.6) is 5.75 Å². The molecule has 1 N–H and O–H groups in total. The van der Waals surface area contributed by atoms with Crippen LogP contribution in [-0.2, 0) is 4.79 Å². The lowest BCUT2D eigenvalue weighted by atomic mass is 10.3. The van der Waals surface area contributed by atoms with Crippen LogP contribution in [-0.4, -0.2) is 16.9 Å². The molecule has 7 heteroatoms. The number of benzene rings is 1. The summed E-state index contributed by atoms with van der Waals surface area (Å²) in [5.74, 6) is -0.360. The highest BCUT2D eigenvalue weighted by Gasteiger charge is 2.40. The molecule has 0 fully saturated rings. The van der Waals surface area contributed by atoms with Crippen molar-refractivity contribution in [2.45, 2.75) is 17.9 Å². The van der Waals surface area contributed by atoms with Gasteiger partial charge in [0.05, 0.1) is 0 Å². The van der Waals surface area contributed by atoms with Crippen molar-refractivity contribution in [3.8, 4) is 5.75 Å². The van der Waals surface area contributed by atoms with Crippen LogP contribution in [0.4, 0.5) is 14.5 Å². The molecule has 3 nitrogen and oxygen atoms in total.